The highest BCUT2D eigenvalue weighted by Gasteiger charge is 2.26. The molecule has 0 aliphatic heterocycles. The zero-order chi connectivity index (χ0) is 21.8. The Morgan fingerprint density at radius 3 is 2.55 bits per heavy atom. The Hall–Kier alpha value is -3.42. The number of aromatic amines is 1. The Balaban J connectivity index is 1.31. The molecular formula is C23H27N3O5. The number of benzene rings is 1. The molecule has 1 saturated carbocycles. The molecule has 2 N–H and O–H groups in total. The molecule has 8 heteroatoms. The monoisotopic (exact) mass is 425 g/mol. The molecule has 31 heavy (non-hydrogen) atoms. The van der Waals surface area contributed by atoms with E-state index in [2.05, 4.69) is 15.5 Å². The summed E-state index contributed by atoms with van der Waals surface area (Å²) in [6.07, 6.45) is 3.40. The molecule has 0 atom stereocenters. The van der Waals surface area contributed by atoms with Crippen molar-refractivity contribution >= 4 is 5.91 Å². The molecule has 164 valence electrons. The normalized spacial score (nSPS) is 18.4. The van der Waals surface area contributed by atoms with Crippen LogP contribution in [0.15, 0.2) is 40.8 Å². The number of para-hydroxylation sites is 1. The number of carbonyl (C=O) groups excluding carboxylic acids is 1. The van der Waals surface area contributed by atoms with Gasteiger partial charge in [-0.2, -0.15) is 5.10 Å². The fourth-order valence-electron chi connectivity index (χ4n) is 3.86. The number of amides is 1. The number of furan rings is 1. The molecular weight excluding hydrogens is 398 g/mol. The Labute approximate surface area is 180 Å². The molecule has 4 rings (SSSR count). The zero-order valence-corrected chi connectivity index (χ0v) is 17.9. The number of aryl methyl sites for hydroxylation is 1. The number of hydrogen-bond donors (Lipinski definition) is 2. The summed E-state index contributed by atoms with van der Waals surface area (Å²) in [5.41, 5.74) is 1.03. The maximum atomic E-state index is 12.6. The first kappa shape index (κ1) is 20.8. The second-order valence-electron chi connectivity index (χ2n) is 7.63. The Morgan fingerprint density at radius 1 is 1.10 bits per heavy atom. The highest BCUT2D eigenvalue weighted by atomic mass is 16.5. The molecule has 0 bridgehead atoms. The lowest BCUT2D eigenvalue weighted by Gasteiger charge is -2.29. The van der Waals surface area contributed by atoms with Crippen LogP contribution in [0.2, 0.25) is 0 Å². The fraction of sp³-hybridized carbons (Fsp3) is 0.391. The highest BCUT2D eigenvalue weighted by Crippen LogP contribution is 2.38. The predicted molar refractivity (Wildman–Crippen MR) is 115 cm³/mol. The van der Waals surface area contributed by atoms with Gasteiger partial charge in [-0.25, -0.2) is 0 Å². The van der Waals surface area contributed by atoms with Crippen molar-refractivity contribution in [1.82, 2.24) is 15.5 Å². The van der Waals surface area contributed by atoms with Gasteiger partial charge in [-0.3, -0.25) is 9.89 Å². The Morgan fingerprint density at radius 2 is 1.87 bits per heavy atom. The van der Waals surface area contributed by atoms with Gasteiger partial charge in [0.15, 0.2) is 23.0 Å². The molecule has 1 aliphatic rings. The third-order valence-electron chi connectivity index (χ3n) is 5.49. The molecule has 1 amide bonds. The van der Waals surface area contributed by atoms with Crippen molar-refractivity contribution < 1.29 is 23.4 Å². The number of rotatable bonds is 7. The summed E-state index contributed by atoms with van der Waals surface area (Å²) in [4.78, 5) is 12.6. The maximum Gasteiger partial charge on any atom is 0.272 e. The van der Waals surface area contributed by atoms with Crippen molar-refractivity contribution in [3.63, 3.8) is 0 Å². The minimum absolute atomic E-state index is 0.0633. The van der Waals surface area contributed by atoms with Crippen LogP contribution in [0.25, 0.3) is 11.5 Å². The number of carbonyl (C=O) groups is 1. The molecule has 0 radical (unpaired) electrons. The van der Waals surface area contributed by atoms with Crippen LogP contribution < -0.4 is 19.5 Å². The Bertz CT molecular complexity index is 1030. The highest BCUT2D eigenvalue weighted by molar-refractivity contribution is 5.93. The summed E-state index contributed by atoms with van der Waals surface area (Å²) < 4.78 is 22.5. The molecule has 2 aromatic heterocycles. The van der Waals surface area contributed by atoms with Gasteiger partial charge in [0, 0.05) is 12.1 Å². The first-order valence-electron chi connectivity index (χ1n) is 10.4. The molecule has 1 aliphatic carbocycles. The number of ether oxygens (including phenoxy) is 3. The number of aromatic nitrogens is 2. The third-order valence-corrected chi connectivity index (χ3v) is 5.49. The number of methoxy groups -OCH3 is 2. The smallest absolute Gasteiger partial charge is 0.272 e. The molecule has 0 spiro atoms. The van der Waals surface area contributed by atoms with Gasteiger partial charge < -0.3 is 23.9 Å². The summed E-state index contributed by atoms with van der Waals surface area (Å²) >= 11 is 0. The van der Waals surface area contributed by atoms with E-state index in [1.165, 1.54) is 0 Å². The summed E-state index contributed by atoms with van der Waals surface area (Å²) in [6.45, 7) is 1.87. The third kappa shape index (κ3) is 4.68. The fourth-order valence-corrected chi connectivity index (χ4v) is 3.86. The van der Waals surface area contributed by atoms with E-state index in [-0.39, 0.29) is 18.1 Å². The minimum atomic E-state index is -0.190. The second-order valence-corrected chi connectivity index (χ2v) is 7.63. The number of nitrogens with one attached hydrogen (secondary N) is 2. The lowest BCUT2D eigenvalue weighted by molar-refractivity contribution is 0.0886. The van der Waals surface area contributed by atoms with Gasteiger partial charge in [0.05, 0.1) is 20.3 Å². The van der Waals surface area contributed by atoms with Crippen LogP contribution in [0.1, 0.15) is 41.9 Å². The van der Waals surface area contributed by atoms with Gasteiger partial charge in [0.2, 0.25) is 5.75 Å². The predicted octanol–water partition coefficient (Wildman–Crippen LogP) is 4.12. The SMILES string of the molecule is COc1cccc(OC2CCC(NC(=O)c3cc(-c4ccc(C)o4)[nH]n3)CC2)c1OC. The van der Waals surface area contributed by atoms with E-state index in [4.69, 9.17) is 18.6 Å². The summed E-state index contributed by atoms with van der Waals surface area (Å²) in [7, 11) is 3.21. The first-order valence-corrected chi connectivity index (χ1v) is 10.4. The van der Waals surface area contributed by atoms with E-state index in [9.17, 15) is 4.79 Å². The average molecular weight is 425 g/mol. The lowest BCUT2D eigenvalue weighted by atomic mass is 9.92. The van der Waals surface area contributed by atoms with E-state index in [0.717, 1.165) is 31.4 Å². The van der Waals surface area contributed by atoms with Gasteiger partial charge in [-0.05, 0) is 56.9 Å². The van der Waals surface area contributed by atoms with Gasteiger partial charge in [-0.1, -0.05) is 6.07 Å². The van der Waals surface area contributed by atoms with Crippen molar-refractivity contribution in [2.24, 2.45) is 0 Å². The van der Waals surface area contributed by atoms with Crippen LogP contribution in [0.5, 0.6) is 17.2 Å². The molecule has 8 nitrogen and oxygen atoms in total. The van der Waals surface area contributed by atoms with Crippen molar-refractivity contribution in [2.45, 2.75) is 44.8 Å². The van der Waals surface area contributed by atoms with Crippen LogP contribution in [-0.2, 0) is 0 Å². The summed E-state index contributed by atoms with van der Waals surface area (Å²) in [6, 6.07) is 11.1. The topological polar surface area (TPSA) is 98.6 Å². The number of nitrogens with zero attached hydrogens (tertiary/aromatic N) is 1. The standard InChI is InChI=1S/C23H27N3O5/c1-14-7-12-19(30-14)17-13-18(26-25-17)23(27)24-15-8-10-16(11-9-15)31-21-6-4-5-20(28-2)22(21)29-3/h4-7,12-13,15-16H,8-11H2,1-3H3,(H,24,27)(H,25,26). The van der Waals surface area contributed by atoms with Gasteiger partial charge >= 0.3 is 0 Å². The maximum absolute atomic E-state index is 12.6. The largest absolute Gasteiger partial charge is 0.493 e. The molecule has 1 fully saturated rings. The van der Waals surface area contributed by atoms with Gasteiger partial charge in [0.1, 0.15) is 11.5 Å². The lowest BCUT2D eigenvalue weighted by Crippen LogP contribution is -2.39. The van der Waals surface area contributed by atoms with Gasteiger partial charge in [-0.15, -0.1) is 0 Å². The zero-order valence-electron chi connectivity index (χ0n) is 17.9. The second kappa shape index (κ2) is 9.16. The molecule has 2 heterocycles. The van der Waals surface area contributed by atoms with Crippen molar-refractivity contribution in [3.8, 4) is 28.7 Å². The van der Waals surface area contributed by atoms with E-state index >= 15 is 0 Å². The van der Waals surface area contributed by atoms with Crippen molar-refractivity contribution in [3.05, 3.63) is 47.9 Å². The van der Waals surface area contributed by atoms with Crippen molar-refractivity contribution in [2.75, 3.05) is 14.2 Å². The quantitative estimate of drug-likeness (QED) is 0.591. The van der Waals surface area contributed by atoms with Gasteiger partial charge in [0.25, 0.3) is 5.91 Å². The van der Waals surface area contributed by atoms with Crippen LogP contribution in [0.3, 0.4) is 0 Å². The van der Waals surface area contributed by atoms with Crippen molar-refractivity contribution in [1.29, 1.82) is 0 Å². The average Bonchev–Trinajstić information content (AvgIpc) is 3.44. The van der Waals surface area contributed by atoms with E-state index < -0.39 is 0 Å². The molecule has 1 aromatic carbocycles. The number of H-pyrrole nitrogens is 1. The van der Waals surface area contributed by atoms with E-state index in [1.807, 2.05) is 37.3 Å². The van der Waals surface area contributed by atoms with Crippen LogP contribution in [0, 0.1) is 6.92 Å². The first-order chi connectivity index (χ1) is 15.1. The summed E-state index contributed by atoms with van der Waals surface area (Å²) in [5, 5.41) is 10.1. The van der Waals surface area contributed by atoms with Crippen LogP contribution >= 0.6 is 0 Å². The molecule has 0 saturated heterocycles. The van der Waals surface area contributed by atoms with E-state index in [0.29, 0.717) is 34.4 Å². The minimum Gasteiger partial charge on any atom is -0.493 e. The van der Waals surface area contributed by atoms with E-state index in [1.54, 1.807) is 20.3 Å². The summed E-state index contributed by atoms with van der Waals surface area (Å²) in [5.74, 6) is 3.19. The molecule has 3 aromatic rings. The van der Waals surface area contributed by atoms with Crippen LogP contribution in [-0.4, -0.2) is 42.5 Å². The number of hydrogen-bond acceptors (Lipinski definition) is 6. The Kier molecular flexibility index (Phi) is 6.16. The molecule has 0 unspecified atom stereocenters. The van der Waals surface area contributed by atoms with Crippen LogP contribution in [0.4, 0.5) is 0 Å².